The van der Waals surface area contributed by atoms with E-state index in [9.17, 15) is 13.6 Å². The zero-order valence-corrected chi connectivity index (χ0v) is 23.2. The number of rotatable bonds is 7. The number of hydrogen-bond acceptors (Lipinski definition) is 8. The van der Waals surface area contributed by atoms with E-state index in [4.69, 9.17) is 15.7 Å². The minimum Gasteiger partial charge on any atom is -0.353 e. The van der Waals surface area contributed by atoms with Gasteiger partial charge < -0.3 is 27.0 Å². The zero-order valence-electron chi connectivity index (χ0n) is 23.2. The summed E-state index contributed by atoms with van der Waals surface area (Å²) in [5, 5.41) is 13.1. The van der Waals surface area contributed by atoms with Crippen molar-refractivity contribution in [1.29, 1.82) is 0 Å². The molecule has 12 heteroatoms. The third kappa shape index (κ3) is 6.81. The lowest BCUT2D eigenvalue weighted by molar-refractivity contribution is -0.127. The number of carbonyl (C=O) groups excluding carboxylic acids is 1. The molecule has 10 nitrogen and oxygen atoms in total. The number of carbonyl (C=O) groups is 1. The first kappa shape index (κ1) is 30.1. The monoisotopic (exact) mass is 583 g/mol. The van der Waals surface area contributed by atoms with Crippen LogP contribution in [0.5, 0.6) is 0 Å². The molecule has 0 unspecified atom stereocenters. The molecule has 228 valence electrons. The minimum atomic E-state index is -0.703. The predicted molar refractivity (Wildman–Crippen MR) is 161 cm³/mol. The van der Waals surface area contributed by atoms with Crippen LogP contribution in [0.2, 0.25) is 0 Å². The molecule has 2 aliphatic carbocycles. The summed E-state index contributed by atoms with van der Waals surface area (Å²) in [5.74, 6) is -0.305. The van der Waals surface area contributed by atoms with Crippen molar-refractivity contribution in [3.63, 3.8) is 0 Å². The molecule has 0 radical (unpaired) electrons. The van der Waals surface area contributed by atoms with Gasteiger partial charge in [-0.3, -0.25) is 9.36 Å². The molecule has 0 atom stereocenters. The van der Waals surface area contributed by atoms with E-state index in [1.807, 2.05) is 4.57 Å². The van der Waals surface area contributed by atoms with Gasteiger partial charge in [0.25, 0.3) is 0 Å². The number of amides is 1. The summed E-state index contributed by atoms with van der Waals surface area (Å²) in [5.41, 5.74) is 7.42. The molecule has 1 saturated heterocycles. The SMILES string of the molecule is C.NC1CCC(Nc2ncc3nc(Nc4ccc(F)cc4F)n(C4CCC(C(=O)NC5CCNCC5)CC4)c3n2)CC1. The average molecular weight is 584 g/mol. The molecule has 6 N–H and O–H groups in total. The van der Waals surface area contributed by atoms with Crippen LogP contribution in [0.1, 0.15) is 77.7 Å². The van der Waals surface area contributed by atoms with Crippen molar-refractivity contribution >= 4 is 34.7 Å². The van der Waals surface area contributed by atoms with E-state index in [-0.39, 0.29) is 49.1 Å². The van der Waals surface area contributed by atoms with E-state index >= 15 is 0 Å². The minimum absolute atomic E-state index is 0. The van der Waals surface area contributed by atoms with Crippen molar-refractivity contribution in [2.45, 2.75) is 95.8 Å². The second-order valence-corrected chi connectivity index (χ2v) is 11.8. The summed E-state index contributed by atoms with van der Waals surface area (Å²) in [6, 6.07) is 4.16. The Morgan fingerprint density at radius 2 is 1.69 bits per heavy atom. The molecule has 2 saturated carbocycles. The first-order chi connectivity index (χ1) is 19.9. The average Bonchev–Trinajstić information content (AvgIpc) is 3.33. The Labute approximate surface area is 245 Å². The molecule has 3 fully saturated rings. The fraction of sp³-hybridized carbons (Fsp3) is 0.600. The topological polar surface area (TPSA) is 135 Å². The standard InChI is InChI=1S/C29H39F2N9O.CH4/c30-18-3-10-24(23(31)15-18)37-29-38-25-16-34-28(36-20-6-4-19(32)5-7-20)39-26(25)40(29)22-8-1-17(2-9-22)27(41)35-21-11-13-33-14-12-21;/h3,10,15-17,19-22,33H,1-2,4-9,11-14,32H2,(H,35,41)(H,37,38)(H,34,36,39);1H4. The van der Waals surface area contributed by atoms with Crippen LogP contribution >= 0.6 is 0 Å². The molecule has 3 aromatic rings. The van der Waals surface area contributed by atoms with Crippen LogP contribution in [0.4, 0.5) is 26.4 Å². The van der Waals surface area contributed by atoms with Crippen molar-refractivity contribution in [3.8, 4) is 0 Å². The third-order valence-corrected chi connectivity index (χ3v) is 8.83. The van der Waals surface area contributed by atoms with E-state index in [1.54, 1.807) is 6.20 Å². The number of imidazole rings is 1. The van der Waals surface area contributed by atoms with E-state index in [2.05, 4.69) is 26.3 Å². The number of piperidine rings is 1. The highest BCUT2D eigenvalue weighted by Gasteiger charge is 2.31. The molecule has 1 aliphatic heterocycles. The molecule has 1 amide bonds. The quantitative estimate of drug-likeness (QED) is 0.269. The maximum Gasteiger partial charge on any atom is 0.224 e. The van der Waals surface area contributed by atoms with Crippen molar-refractivity contribution in [1.82, 2.24) is 30.2 Å². The normalized spacial score (nSPS) is 25.0. The van der Waals surface area contributed by atoms with Gasteiger partial charge in [0.1, 0.15) is 17.2 Å². The highest BCUT2D eigenvalue weighted by Crippen LogP contribution is 2.37. The number of benzene rings is 1. The summed E-state index contributed by atoms with van der Waals surface area (Å²) in [6.45, 7) is 1.87. The molecule has 2 aromatic heterocycles. The molecule has 3 heterocycles. The van der Waals surface area contributed by atoms with Crippen LogP contribution in [0, 0.1) is 17.6 Å². The summed E-state index contributed by atoms with van der Waals surface area (Å²) in [6.07, 6.45) is 10.4. The lowest BCUT2D eigenvalue weighted by Gasteiger charge is -2.31. The van der Waals surface area contributed by atoms with Crippen LogP contribution in [0.15, 0.2) is 24.4 Å². The molecular weight excluding hydrogens is 540 g/mol. The van der Waals surface area contributed by atoms with Gasteiger partial charge in [-0.2, -0.15) is 4.98 Å². The zero-order chi connectivity index (χ0) is 28.3. The largest absolute Gasteiger partial charge is 0.353 e. The molecule has 0 bridgehead atoms. The van der Waals surface area contributed by atoms with Crippen molar-refractivity contribution in [3.05, 3.63) is 36.0 Å². The summed E-state index contributed by atoms with van der Waals surface area (Å²) in [4.78, 5) is 27.1. The third-order valence-electron chi connectivity index (χ3n) is 8.83. The predicted octanol–water partition coefficient (Wildman–Crippen LogP) is 4.77. The van der Waals surface area contributed by atoms with Gasteiger partial charge in [0.2, 0.25) is 17.8 Å². The smallest absolute Gasteiger partial charge is 0.224 e. The van der Waals surface area contributed by atoms with Gasteiger partial charge >= 0.3 is 0 Å². The highest BCUT2D eigenvalue weighted by atomic mass is 19.1. The van der Waals surface area contributed by atoms with Gasteiger partial charge in [-0.05, 0) is 89.4 Å². The van der Waals surface area contributed by atoms with Gasteiger partial charge in [-0.25, -0.2) is 18.7 Å². The van der Waals surface area contributed by atoms with E-state index in [0.29, 0.717) is 23.1 Å². The van der Waals surface area contributed by atoms with Crippen molar-refractivity contribution < 1.29 is 13.6 Å². The van der Waals surface area contributed by atoms with Gasteiger partial charge in [-0.15, -0.1) is 0 Å². The Bertz CT molecular complexity index is 1360. The van der Waals surface area contributed by atoms with E-state index in [1.165, 1.54) is 12.1 Å². The second-order valence-electron chi connectivity index (χ2n) is 11.8. The fourth-order valence-electron chi connectivity index (χ4n) is 6.43. The molecule has 3 aliphatic rings. The number of fused-ring (bicyclic) bond motifs is 1. The maximum absolute atomic E-state index is 14.6. The second kappa shape index (κ2) is 13.3. The summed E-state index contributed by atoms with van der Waals surface area (Å²) in [7, 11) is 0. The fourth-order valence-corrected chi connectivity index (χ4v) is 6.43. The Kier molecular flexibility index (Phi) is 9.52. The van der Waals surface area contributed by atoms with E-state index < -0.39 is 11.6 Å². The molecule has 6 rings (SSSR count). The summed E-state index contributed by atoms with van der Waals surface area (Å²) < 4.78 is 30.2. The molecule has 42 heavy (non-hydrogen) atoms. The Morgan fingerprint density at radius 3 is 2.40 bits per heavy atom. The van der Waals surface area contributed by atoms with E-state index in [0.717, 1.165) is 83.4 Å². The Morgan fingerprint density at radius 1 is 0.952 bits per heavy atom. The number of hydrogen-bond donors (Lipinski definition) is 5. The Balaban J connectivity index is 0.00000353. The summed E-state index contributed by atoms with van der Waals surface area (Å²) >= 11 is 0. The van der Waals surface area contributed by atoms with Crippen LogP contribution in [-0.4, -0.2) is 56.6 Å². The number of nitrogens with two attached hydrogens (primary N) is 1. The lowest BCUT2D eigenvalue weighted by Crippen LogP contribution is -2.45. The van der Waals surface area contributed by atoms with Crippen molar-refractivity contribution in [2.24, 2.45) is 11.7 Å². The molecule has 1 aromatic carbocycles. The van der Waals surface area contributed by atoms with Gasteiger partial charge in [0.15, 0.2) is 5.65 Å². The van der Waals surface area contributed by atoms with Crippen LogP contribution in [0.25, 0.3) is 11.2 Å². The number of nitrogens with one attached hydrogen (secondary N) is 4. The highest BCUT2D eigenvalue weighted by molar-refractivity contribution is 5.79. The van der Waals surface area contributed by atoms with Crippen LogP contribution < -0.4 is 27.0 Å². The number of anilines is 3. The van der Waals surface area contributed by atoms with Crippen molar-refractivity contribution in [2.75, 3.05) is 23.7 Å². The first-order valence-electron chi connectivity index (χ1n) is 14.9. The van der Waals surface area contributed by atoms with Gasteiger partial charge in [0.05, 0.1) is 11.9 Å². The maximum atomic E-state index is 14.6. The van der Waals surface area contributed by atoms with Gasteiger partial charge in [-0.1, -0.05) is 7.43 Å². The van der Waals surface area contributed by atoms with Crippen LogP contribution in [-0.2, 0) is 4.79 Å². The number of halogens is 2. The lowest BCUT2D eigenvalue weighted by atomic mass is 9.85. The molecular formula is C30H43F2N9O. The number of aromatic nitrogens is 4. The Hall–Kier alpha value is -3.38. The molecule has 0 spiro atoms. The number of nitrogens with zero attached hydrogens (tertiary/aromatic N) is 4. The van der Waals surface area contributed by atoms with Gasteiger partial charge in [0, 0.05) is 36.2 Å². The van der Waals surface area contributed by atoms with Crippen LogP contribution in [0.3, 0.4) is 0 Å². The first-order valence-corrected chi connectivity index (χ1v) is 14.9.